The van der Waals surface area contributed by atoms with Gasteiger partial charge >= 0.3 is 0 Å². The molecule has 5 nitrogen and oxygen atoms in total. The molecule has 0 N–H and O–H groups in total. The number of nitrogens with zero attached hydrogens (tertiary/aromatic N) is 3. The molecule has 1 aromatic heterocycles. The standard InChI is InChI=1S/C18H23N3O2S/c22-18(21-8-10-23-11-9-21)14-4-3-7-20(12-14)13-17-19-15-5-1-2-6-16(15)24-17/h1-2,5-6,14H,3-4,7-13H2/t14-/m0/s1. The molecule has 2 aromatic rings. The molecule has 2 aliphatic heterocycles. The molecule has 6 heteroatoms. The number of thiazole rings is 1. The van der Waals surface area contributed by atoms with Gasteiger partial charge in [0.2, 0.25) is 5.91 Å². The summed E-state index contributed by atoms with van der Waals surface area (Å²) in [6.07, 6.45) is 2.10. The number of carbonyl (C=O) groups excluding carboxylic acids is 1. The van der Waals surface area contributed by atoms with Gasteiger partial charge in [-0.3, -0.25) is 9.69 Å². The summed E-state index contributed by atoms with van der Waals surface area (Å²) in [6, 6.07) is 8.28. The van der Waals surface area contributed by atoms with Gasteiger partial charge in [0.05, 0.1) is 35.9 Å². The highest BCUT2D eigenvalue weighted by Crippen LogP contribution is 2.25. The van der Waals surface area contributed by atoms with Gasteiger partial charge in [0.1, 0.15) is 5.01 Å². The lowest BCUT2D eigenvalue weighted by Gasteiger charge is -2.35. The van der Waals surface area contributed by atoms with Gasteiger partial charge in [-0.1, -0.05) is 12.1 Å². The average Bonchev–Trinajstić information content (AvgIpc) is 3.04. The third kappa shape index (κ3) is 3.45. The highest BCUT2D eigenvalue weighted by molar-refractivity contribution is 7.18. The molecular weight excluding hydrogens is 322 g/mol. The smallest absolute Gasteiger partial charge is 0.227 e. The van der Waals surface area contributed by atoms with Crippen molar-refractivity contribution < 1.29 is 9.53 Å². The molecule has 1 amide bonds. The number of amides is 1. The number of para-hydroxylation sites is 1. The van der Waals surface area contributed by atoms with Crippen molar-refractivity contribution in [2.24, 2.45) is 5.92 Å². The van der Waals surface area contributed by atoms with Gasteiger partial charge in [0.25, 0.3) is 0 Å². The second-order valence-corrected chi connectivity index (χ2v) is 7.70. The number of likely N-dealkylation sites (tertiary alicyclic amines) is 1. The largest absolute Gasteiger partial charge is 0.378 e. The molecule has 1 atom stereocenters. The number of hydrogen-bond acceptors (Lipinski definition) is 5. The van der Waals surface area contributed by atoms with Crippen molar-refractivity contribution in [1.82, 2.24) is 14.8 Å². The molecule has 0 aliphatic carbocycles. The van der Waals surface area contributed by atoms with Crippen LogP contribution >= 0.6 is 11.3 Å². The number of carbonyl (C=O) groups is 1. The Morgan fingerprint density at radius 2 is 2.08 bits per heavy atom. The summed E-state index contributed by atoms with van der Waals surface area (Å²) in [6.45, 7) is 5.60. The van der Waals surface area contributed by atoms with Crippen molar-refractivity contribution in [2.75, 3.05) is 39.4 Å². The minimum atomic E-state index is 0.131. The van der Waals surface area contributed by atoms with E-state index < -0.39 is 0 Å². The number of benzene rings is 1. The minimum Gasteiger partial charge on any atom is -0.378 e. The molecule has 0 spiro atoms. The molecule has 4 rings (SSSR count). The number of morpholine rings is 1. The molecule has 1 aromatic carbocycles. The van der Waals surface area contributed by atoms with Crippen molar-refractivity contribution in [3.05, 3.63) is 29.3 Å². The summed E-state index contributed by atoms with van der Waals surface area (Å²) in [5, 5.41) is 1.15. The predicted molar refractivity (Wildman–Crippen MR) is 95.0 cm³/mol. The van der Waals surface area contributed by atoms with Crippen LogP contribution in [0.1, 0.15) is 17.8 Å². The van der Waals surface area contributed by atoms with E-state index in [-0.39, 0.29) is 5.92 Å². The first-order valence-corrected chi connectivity index (χ1v) is 9.54. The topological polar surface area (TPSA) is 45.7 Å². The fourth-order valence-electron chi connectivity index (χ4n) is 3.62. The Bertz CT molecular complexity index is 678. The molecule has 0 saturated carbocycles. The molecule has 128 valence electrons. The van der Waals surface area contributed by atoms with Crippen LogP contribution in [0, 0.1) is 5.92 Å². The van der Waals surface area contributed by atoms with Gasteiger partial charge in [-0.25, -0.2) is 4.98 Å². The van der Waals surface area contributed by atoms with Crippen LogP contribution in [0.2, 0.25) is 0 Å². The lowest BCUT2D eigenvalue weighted by Crippen LogP contribution is -2.48. The van der Waals surface area contributed by atoms with Crippen LogP contribution in [0.25, 0.3) is 10.2 Å². The van der Waals surface area contributed by atoms with Crippen molar-refractivity contribution in [1.29, 1.82) is 0 Å². The summed E-state index contributed by atoms with van der Waals surface area (Å²) in [5.74, 6) is 0.443. The van der Waals surface area contributed by atoms with Crippen molar-refractivity contribution in [3.8, 4) is 0 Å². The highest BCUT2D eigenvalue weighted by Gasteiger charge is 2.30. The molecule has 0 radical (unpaired) electrons. The molecule has 0 unspecified atom stereocenters. The fraction of sp³-hybridized carbons (Fsp3) is 0.556. The first-order valence-electron chi connectivity index (χ1n) is 8.73. The van der Waals surface area contributed by atoms with Crippen molar-refractivity contribution in [3.63, 3.8) is 0 Å². The van der Waals surface area contributed by atoms with E-state index in [1.54, 1.807) is 11.3 Å². The molecule has 2 aliphatic rings. The van der Waals surface area contributed by atoms with Crippen molar-refractivity contribution in [2.45, 2.75) is 19.4 Å². The van der Waals surface area contributed by atoms with E-state index in [9.17, 15) is 4.79 Å². The Balaban J connectivity index is 1.40. The highest BCUT2D eigenvalue weighted by atomic mass is 32.1. The maximum Gasteiger partial charge on any atom is 0.227 e. The van der Waals surface area contributed by atoms with E-state index in [1.807, 2.05) is 11.0 Å². The molecule has 2 saturated heterocycles. The summed E-state index contributed by atoms with van der Waals surface area (Å²) in [5.41, 5.74) is 1.08. The van der Waals surface area contributed by atoms with Gasteiger partial charge in [-0.2, -0.15) is 0 Å². The Hall–Kier alpha value is -1.50. The first-order chi connectivity index (χ1) is 11.8. The Morgan fingerprint density at radius 1 is 1.25 bits per heavy atom. The van der Waals surface area contributed by atoms with Gasteiger partial charge in [0.15, 0.2) is 0 Å². The van der Waals surface area contributed by atoms with Gasteiger partial charge in [-0.05, 0) is 31.5 Å². The molecule has 2 fully saturated rings. The molecule has 3 heterocycles. The van der Waals surface area contributed by atoms with Crippen LogP contribution < -0.4 is 0 Å². The molecule has 24 heavy (non-hydrogen) atoms. The number of rotatable bonds is 3. The molecule has 0 bridgehead atoms. The van der Waals surface area contributed by atoms with E-state index in [4.69, 9.17) is 9.72 Å². The zero-order valence-electron chi connectivity index (χ0n) is 13.8. The SMILES string of the molecule is O=C([C@H]1CCCN(Cc2nc3ccccc3s2)C1)N1CCOCC1. The average molecular weight is 345 g/mol. The van der Waals surface area contributed by atoms with E-state index in [0.29, 0.717) is 19.1 Å². The van der Waals surface area contributed by atoms with Gasteiger partial charge in [-0.15, -0.1) is 11.3 Å². The minimum absolute atomic E-state index is 0.131. The second-order valence-electron chi connectivity index (χ2n) is 6.59. The normalized spacial score (nSPS) is 22.8. The van der Waals surface area contributed by atoms with Crippen LogP contribution in [0.15, 0.2) is 24.3 Å². The van der Waals surface area contributed by atoms with Gasteiger partial charge < -0.3 is 9.64 Å². The Morgan fingerprint density at radius 3 is 2.92 bits per heavy atom. The van der Waals surface area contributed by atoms with Crippen LogP contribution in [0.4, 0.5) is 0 Å². The van der Waals surface area contributed by atoms with E-state index in [0.717, 1.165) is 56.1 Å². The fourth-order valence-corrected chi connectivity index (χ4v) is 4.63. The predicted octanol–water partition coefficient (Wildman–Crippen LogP) is 2.37. The lowest BCUT2D eigenvalue weighted by molar-refractivity contribution is -0.141. The zero-order chi connectivity index (χ0) is 16.4. The van der Waals surface area contributed by atoms with Crippen LogP contribution in [0.3, 0.4) is 0 Å². The van der Waals surface area contributed by atoms with Gasteiger partial charge in [0, 0.05) is 19.6 Å². The lowest BCUT2D eigenvalue weighted by atomic mass is 9.96. The first kappa shape index (κ1) is 16.0. The second kappa shape index (κ2) is 7.17. The summed E-state index contributed by atoms with van der Waals surface area (Å²) >= 11 is 1.76. The number of piperidine rings is 1. The third-order valence-electron chi connectivity index (χ3n) is 4.87. The maximum absolute atomic E-state index is 12.7. The number of hydrogen-bond donors (Lipinski definition) is 0. The van der Waals surface area contributed by atoms with Crippen LogP contribution in [-0.2, 0) is 16.1 Å². The monoisotopic (exact) mass is 345 g/mol. The van der Waals surface area contributed by atoms with E-state index >= 15 is 0 Å². The van der Waals surface area contributed by atoms with E-state index in [2.05, 4.69) is 23.1 Å². The van der Waals surface area contributed by atoms with Crippen LogP contribution in [0.5, 0.6) is 0 Å². The Kier molecular flexibility index (Phi) is 4.78. The summed E-state index contributed by atoms with van der Waals surface area (Å²) in [4.78, 5) is 21.8. The zero-order valence-corrected chi connectivity index (χ0v) is 14.6. The van der Waals surface area contributed by atoms with Crippen molar-refractivity contribution >= 4 is 27.5 Å². The number of ether oxygens (including phenoxy) is 1. The number of aromatic nitrogens is 1. The molecular formula is C18H23N3O2S. The third-order valence-corrected chi connectivity index (χ3v) is 5.90. The summed E-state index contributed by atoms with van der Waals surface area (Å²) in [7, 11) is 0. The maximum atomic E-state index is 12.7. The summed E-state index contributed by atoms with van der Waals surface area (Å²) < 4.78 is 6.60. The van der Waals surface area contributed by atoms with E-state index in [1.165, 1.54) is 4.70 Å². The number of fused-ring (bicyclic) bond motifs is 1. The quantitative estimate of drug-likeness (QED) is 0.857. The van der Waals surface area contributed by atoms with Crippen LogP contribution in [-0.4, -0.2) is 60.1 Å². The Labute approximate surface area is 146 Å².